The largest absolute Gasteiger partial charge is 0.364 e. The molecule has 122 valence electrons. The SMILES string of the molecule is CC(OCc1ccccc1)C(=O)NCC1(N(C)C)CCCC1. The normalized spacial score (nSPS) is 18.4. The second-order valence-electron chi connectivity index (χ2n) is 6.48. The van der Waals surface area contributed by atoms with Crippen LogP contribution in [-0.2, 0) is 16.1 Å². The van der Waals surface area contributed by atoms with E-state index in [4.69, 9.17) is 4.74 Å². The van der Waals surface area contributed by atoms with Crippen LogP contribution in [0.15, 0.2) is 30.3 Å². The van der Waals surface area contributed by atoms with Crippen molar-refractivity contribution in [2.45, 2.75) is 50.9 Å². The van der Waals surface area contributed by atoms with Crippen LogP contribution in [0.1, 0.15) is 38.2 Å². The van der Waals surface area contributed by atoms with Gasteiger partial charge in [-0.3, -0.25) is 4.79 Å². The first kappa shape index (κ1) is 17.0. The van der Waals surface area contributed by atoms with Crippen LogP contribution < -0.4 is 5.32 Å². The predicted octanol–water partition coefficient (Wildman–Crippen LogP) is 2.58. The lowest BCUT2D eigenvalue weighted by molar-refractivity contribution is -0.133. The summed E-state index contributed by atoms with van der Waals surface area (Å²) in [7, 11) is 4.21. The topological polar surface area (TPSA) is 41.6 Å². The van der Waals surface area contributed by atoms with Gasteiger partial charge in [0.1, 0.15) is 6.10 Å². The molecule has 22 heavy (non-hydrogen) atoms. The van der Waals surface area contributed by atoms with Crippen LogP contribution in [-0.4, -0.2) is 43.1 Å². The van der Waals surface area contributed by atoms with Gasteiger partial charge in [-0.25, -0.2) is 0 Å². The molecule has 2 rings (SSSR count). The van der Waals surface area contributed by atoms with Crippen LogP contribution in [0.2, 0.25) is 0 Å². The van der Waals surface area contributed by atoms with E-state index in [-0.39, 0.29) is 11.4 Å². The zero-order valence-electron chi connectivity index (χ0n) is 14.0. The minimum atomic E-state index is -0.430. The highest BCUT2D eigenvalue weighted by molar-refractivity contribution is 5.80. The Kier molecular flexibility index (Phi) is 5.98. The zero-order valence-corrected chi connectivity index (χ0v) is 14.0. The lowest BCUT2D eigenvalue weighted by Gasteiger charge is -2.36. The molecule has 1 saturated carbocycles. The molecule has 1 N–H and O–H groups in total. The molecule has 1 unspecified atom stereocenters. The lowest BCUT2D eigenvalue weighted by atomic mass is 9.96. The summed E-state index contributed by atoms with van der Waals surface area (Å²) in [4.78, 5) is 14.5. The first-order valence-electron chi connectivity index (χ1n) is 8.14. The third kappa shape index (κ3) is 4.31. The Morgan fingerprint density at radius 1 is 1.27 bits per heavy atom. The number of benzene rings is 1. The van der Waals surface area contributed by atoms with Crippen molar-refractivity contribution in [3.8, 4) is 0 Å². The number of rotatable bonds is 7. The highest BCUT2D eigenvalue weighted by atomic mass is 16.5. The summed E-state index contributed by atoms with van der Waals surface area (Å²) in [6.07, 6.45) is 4.36. The van der Waals surface area contributed by atoms with Crippen LogP contribution in [0.3, 0.4) is 0 Å². The van der Waals surface area contributed by atoms with Crippen molar-refractivity contribution in [3.05, 3.63) is 35.9 Å². The minimum absolute atomic E-state index is 0.0240. The molecule has 1 atom stereocenters. The van der Waals surface area contributed by atoms with Gasteiger partial charge in [0.15, 0.2) is 0 Å². The van der Waals surface area contributed by atoms with Gasteiger partial charge in [-0.2, -0.15) is 0 Å². The van der Waals surface area contributed by atoms with Crippen molar-refractivity contribution >= 4 is 5.91 Å². The second kappa shape index (κ2) is 7.75. The number of carbonyl (C=O) groups is 1. The molecule has 0 aromatic heterocycles. The van der Waals surface area contributed by atoms with Gasteiger partial charge in [-0.05, 0) is 39.4 Å². The fourth-order valence-corrected chi connectivity index (χ4v) is 3.08. The molecule has 1 amide bonds. The molecule has 1 aromatic carbocycles. The van der Waals surface area contributed by atoms with Gasteiger partial charge < -0.3 is 15.0 Å². The van der Waals surface area contributed by atoms with E-state index < -0.39 is 6.10 Å². The number of nitrogens with one attached hydrogen (secondary N) is 1. The minimum Gasteiger partial charge on any atom is -0.364 e. The summed E-state index contributed by atoms with van der Waals surface area (Å²) in [6.45, 7) is 2.99. The van der Waals surface area contributed by atoms with Gasteiger partial charge in [-0.15, -0.1) is 0 Å². The molecule has 1 aliphatic carbocycles. The molecule has 4 heteroatoms. The Morgan fingerprint density at radius 3 is 2.50 bits per heavy atom. The summed E-state index contributed by atoms with van der Waals surface area (Å²) in [5.41, 5.74) is 1.21. The van der Waals surface area contributed by atoms with E-state index in [2.05, 4.69) is 24.3 Å². The van der Waals surface area contributed by atoms with Crippen molar-refractivity contribution in [1.29, 1.82) is 0 Å². The maximum Gasteiger partial charge on any atom is 0.248 e. The molecule has 0 saturated heterocycles. The summed E-state index contributed by atoms with van der Waals surface area (Å²) < 4.78 is 5.67. The number of amides is 1. The van der Waals surface area contributed by atoms with Crippen LogP contribution in [0.4, 0.5) is 0 Å². The number of nitrogens with zero attached hydrogens (tertiary/aromatic N) is 1. The van der Waals surface area contributed by atoms with Gasteiger partial charge in [0.2, 0.25) is 5.91 Å². The van der Waals surface area contributed by atoms with E-state index in [1.807, 2.05) is 37.3 Å². The number of carbonyl (C=O) groups excluding carboxylic acids is 1. The lowest BCUT2D eigenvalue weighted by Crippen LogP contribution is -2.52. The van der Waals surface area contributed by atoms with E-state index >= 15 is 0 Å². The monoisotopic (exact) mass is 304 g/mol. The fraction of sp³-hybridized carbons (Fsp3) is 0.611. The summed E-state index contributed by atoms with van der Waals surface area (Å²) in [6, 6.07) is 9.94. The Hall–Kier alpha value is -1.39. The van der Waals surface area contributed by atoms with E-state index in [9.17, 15) is 4.79 Å². The van der Waals surface area contributed by atoms with Crippen molar-refractivity contribution in [3.63, 3.8) is 0 Å². The quantitative estimate of drug-likeness (QED) is 0.842. The maximum atomic E-state index is 12.2. The van der Waals surface area contributed by atoms with Crippen LogP contribution in [0.25, 0.3) is 0 Å². The average molecular weight is 304 g/mol. The third-order valence-corrected chi connectivity index (χ3v) is 4.79. The van der Waals surface area contributed by atoms with Crippen LogP contribution in [0.5, 0.6) is 0 Å². The fourth-order valence-electron chi connectivity index (χ4n) is 3.08. The molecule has 0 radical (unpaired) electrons. The molecule has 1 fully saturated rings. The molecular formula is C18H28N2O2. The molecule has 1 aliphatic rings. The van der Waals surface area contributed by atoms with E-state index in [1.54, 1.807) is 0 Å². The third-order valence-electron chi connectivity index (χ3n) is 4.79. The number of likely N-dealkylation sites (N-methyl/N-ethyl adjacent to an activating group) is 1. The first-order chi connectivity index (χ1) is 10.5. The summed E-state index contributed by atoms with van der Waals surface area (Å²) in [5.74, 6) is -0.0240. The Labute approximate surface area is 133 Å². The molecule has 0 spiro atoms. The van der Waals surface area contributed by atoms with Gasteiger partial charge in [0.05, 0.1) is 6.61 Å². The molecule has 4 nitrogen and oxygen atoms in total. The number of ether oxygens (including phenoxy) is 1. The maximum absolute atomic E-state index is 12.2. The molecule has 0 aliphatic heterocycles. The Balaban J connectivity index is 1.78. The van der Waals surface area contributed by atoms with Gasteiger partial charge >= 0.3 is 0 Å². The standard InChI is InChI=1S/C18H28N2O2/c1-15(22-13-16-9-5-4-6-10-16)17(21)19-14-18(20(2)3)11-7-8-12-18/h4-6,9-10,15H,7-8,11-14H2,1-3H3,(H,19,21). The number of hydrogen-bond donors (Lipinski definition) is 1. The molecular weight excluding hydrogens is 276 g/mol. The van der Waals surface area contributed by atoms with Crippen molar-refractivity contribution in [2.24, 2.45) is 0 Å². The van der Waals surface area contributed by atoms with E-state index in [0.717, 1.165) is 18.4 Å². The molecule has 0 bridgehead atoms. The van der Waals surface area contributed by atoms with Crippen molar-refractivity contribution in [1.82, 2.24) is 10.2 Å². The average Bonchev–Trinajstić information content (AvgIpc) is 3.01. The second-order valence-corrected chi connectivity index (χ2v) is 6.48. The van der Waals surface area contributed by atoms with E-state index in [0.29, 0.717) is 13.2 Å². The highest BCUT2D eigenvalue weighted by Crippen LogP contribution is 2.33. The summed E-state index contributed by atoms with van der Waals surface area (Å²) >= 11 is 0. The number of hydrogen-bond acceptors (Lipinski definition) is 3. The van der Waals surface area contributed by atoms with E-state index in [1.165, 1.54) is 12.8 Å². The van der Waals surface area contributed by atoms with Gasteiger partial charge in [0, 0.05) is 12.1 Å². The van der Waals surface area contributed by atoms with Crippen molar-refractivity contribution < 1.29 is 9.53 Å². The predicted molar refractivity (Wildman–Crippen MR) is 88.6 cm³/mol. The van der Waals surface area contributed by atoms with Crippen LogP contribution in [0, 0.1) is 0 Å². The Bertz CT molecular complexity index is 467. The first-order valence-corrected chi connectivity index (χ1v) is 8.14. The summed E-state index contributed by atoms with van der Waals surface area (Å²) in [5, 5.41) is 3.08. The smallest absolute Gasteiger partial charge is 0.248 e. The molecule has 1 aromatic rings. The zero-order chi connectivity index (χ0) is 16.0. The van der Waals surface area contributed by atoms with Crippen LogP contribution >= 0.6 is 0 Å². The Morgan fingerprint density at radius 2 is 1.91 bits per heavy atom. The highest BCUT2D eigenvalue weighted by Gasteiger charge is 2.36. The van der Waals surface area contributed by atoms with Gasteiger partial charge in [0.25, 0.3) is 0 Å². The van der Waals surface area contributed by atoms with Crippen molar-refractivity contribution in [2.75, 3.05) is 20.6 Å². The van der Waals surface area contributed by atoms with Gasteiger partial charge in [-0.1, -0.05) is 43.2 Å². The molecule has 0 heterocycles.